The molecule has 0 bridgehead atoms. The van der Waals surface area contributed by atoms with Crippen LogP contribution in [0.5, 0.6) is 0 Å². The second-order valence-electron chi connectivity index (χ2n) is 11.1. The predicted octanol–water partition coefficient (Wildman–Crippen LogP) is 4.79. The van der Waals surface area contributed by atoms with E-state index >= 15 is 0 Å². The van der Waals surface area contributed by atoms with Crippen LogP contribution >= 0.6 is 0 Å². The lowest BCUT2D eigenvalue weighted by molar-refractivity contribution is -0.147. The van der Waals surface area contributed by atoms with Crippen molar-refractivity contribution in [2.24, 2.45) is 5.92 Å². The molecule has 1 fully saturated rings. The van der Waals surface area contributed by atoms with Crippen molar-refractivity contribution in [3.05, 3.63) is 95.6 Å². The first kappa shape index (κ1) is 28.4. The highest BCUT2D eigenvalue weighted by molar-refractivity contribution is 5.88. The Balaban J connectivity index is 1.05. The normalized spacial score (nSPS) is 18.8. The monoisotopic (exact) mass is 555 g/mol. The first-order chi connectivity index (χ1) is 19.9. The second-order valence-corrected chi connectivity index (χ2v) is 11.1. The lowest BCUT2D eigenvalue weighted by Crippen LogP contribution is -2.57. The van der Waals surface area contributed by atoms with E-state index in [4.69, 9.17) is 4.74 Å². The zero-order chi connectivity index (χ0) is 28.8. The maximum absolute atomic E-state index is 12.9. The third kappa shape index (κ3) is 6.43. The van der Waals surface area contributed by atoms with Crippen LogP contribution in [0.15, 0.2) is 78.9 Å². The van der Waals surface area contributed by atoms with Crippen molar-refractivity contribution < 1.29 is 24.2 Å². The number of benzene rings is 3. The maximum Gasteiger partial charge on any atom is 0.407 e. The van der Waals surface area contributed by atoms with Crippen molar-refractivity contribution in [2.45, 2.75) is 44.2 Å². The maximum atomic E-state index is 12.9. The van der Waals surface area contributed by atoms with Gasteiger partial charge in [-0.2, -0.15) is 0 Å². The number of aliphatic carboxylic acids is 1. The number of carbonyl (C=O) groups excluding carboxylic acids is 2. The fraction of sp³-hybridized carbons (Fsp3) is 0.364. The number of carbonyl (C=O) groups is 3. The molecule has 1 aliphatic carbocycles. The number of likely N-dealkylation sites (tertiary alicyclic amines) is 1. The summed E-state index contributed by atoms with van der Waals surface area (Å²) in [6.07, 6.45) is 0.952. The highest BCUT2D eigenvalue weighted by Gasteiger charge is 2.46. The van der Waals surface area contributed by atoms with Gasteiger partial charge in [0.1, 0.15) is 6.61 Å². The molecule has 2 aliphatic rings. The largest absolute Gasteiger partial charge is 0.479 e. The average Bonchev–Trinajstić information content (AvgIpc) is 3.54. The van der Waals surface area contributed by atoms with Gasteiger partial charge >= 0.3 is 12.1 Å². The summed E-state index contributed by atoms with van der Waals surface area (Å²) < 4.78 is 5.58. The summed E-state index contributed by atoms with van der Waals surface area (Å²) in [5.41, 5.74) is 4.49. The molecule has 8 heteroatoms. The molecule has 41 heavy (non-hydrogen) atoms. The van der Waals surface area contributed by atoms with Gasteiger partial charge in [0, 0.05) is 38.0 Å². The molecule has 0 radical (unpaired) electrons. The van der Waals surface area contributed by atoms with Gasteiger partial charge in [-0.05, 0) is 47.1 Å². The van der Waals surface area contributed by atoms with E-state index in [-0.39, 0.29) is 25.0 Å². The van der Waals surface area contributed by atoms with Crippen LogP contribution in [-0.2, 0) is 20.9 Å². The van der Waals surface area contributed by atoms with Gasteiger partial charge in [-0.15, -0.1) is 0 Å². The van der Waals surface area contributed by atoms with Gasteiger partial charge in [0.05, 0.1) is 0 Å². The minimum Gasteiger partial charge on any atom is -0.479 e. The number of alkyl carbamates (subject to hydrolysis) is 1. The first-order valence-electron chi connectivity index (χ1n) is 14.3. The van der Waals surface area contributed by atoms with Gasteiger partial charge in [-0.1, -0.05) is 85.8 Å². The molecule has 1 aliphatic heterocycles. The SMILES string of the molecule is CC(CCCNC(=O)OCC1c2ccccc2-c2ccccc21)C(=O)NC1(C(=O)O)CCN(Cc2ccccc2)C1. The fourth-order valence-electron chi connectivity index (χ4n) is 5.93. The molecule has 2 amide bonds. The van der Waals surface area contributed by atoms with Crippen LogP contribution in [0.2, 0.25) is 0 Å². The number of hydrogen-bond donors (Lipinski definition) is 3. The molecule has 214 valence electrons. The molecule has 8 nitrogen and oxygen atoms in total. The lowest BCUT2D eigenvalue weighted by Gasteiger charge is -2.28. The molecule has 5 rings (SSSR count). The predicted molar refractivity (Wildman–Crippen MR) is 156 cm³/mol. The number of amides is 2. The van der Waals surface area contributed by atoms with Gasteiger partial charge < -0.3 is 20.5 Å². The molecule has 3 aromatic carbocycles. The molecule has 0 aromatic heterocycles. The number of nitrogens with zero attached hydrogens (tertiary/aromatic N) is 1. The molecule has 0 saturated carbocycles. The lowest BCUT2D eigenvalue weighted by atomic mass is 9.96. The molecule has 0 spiro atoms. The fourth-order valence-corrected chi connectivity index (χ4v) is 5.93. The summed E-state index contributed by atoms with van der Waals surface area (Å²) in [5, 5.41) is 15.6. The van der Waals surface area contributed by atoms with E-state index in [1.807, 2.05) is 54.6 Å². The molecular formula is C33H37N3O5. The van der Waals surface area contributed by atoms with Crippen molar-refractivity contribution in [1.82, 2.24) is 15.5 Å². The number of hydrogen-bond acceptors (Lipinski definition) is 5. The highest BCUT2D eigenvalue weighted by atomic mass is 16.5. The van der Waals surface area contributed by atoms with Crippen LogP contribution < -0.4 is 10.6 Å². The van der Waals surface area contributed by atoms with Crippen LogP contribution in [0.4, 0.5) is 4.79 Å². The topological polar surface area (TPSA) is 108 Å². The second kappa shape index (κ2) is 12.6. The van der Waals surface area contributed by atoms with E-state index < -0.39 is 23.5 Å². The minimum atomic E-state index is -1.29. The molecular weight excluding hydrogens is 518 g/mol. The van der Waals surface area contributed by atoms with Crippen LogP contribution in [0.3, 0.4) is 0 Å². The van der Waals surface area contributed by atoms with Crippen molar-refractivity contribution in [3.8, 4) is 11.1 Å². The Hall–Kier alpha value is -4.17. The van der Waals surface area contributed by atoms with E-state index in [0.717, 1.165) is 16.7 Å². The van der Waals surface area contributed by atoms with E-state index in [1.54, 1.807) is 6.92 Å². The number of carboxylic acid groups (broad SMARTS) is 1. The van der Waals surface area contributed by atoms with Crippen molar-refractivity contribution in [2.75, 3.05) is 26.2 Å². The number of rotatable bonds is 11. The zero-order valence-electron chi connectivity index (χ0n) is 23.3. The van der Waals surface area contributed by atoms with E-state index in [9.17, 15) is 19.5 Å². The van der Waals surface area contributed by atoms with Crippen molar-refractivity contribution >= 4 is 18.0 Å². The number of nitrogens with one attached hydrogen (secondary N) is 2. The molecule has 3 N–H and O–H groups in total. The van der Waals surface area contributed by atoms with Crippen LogP contribution in [0.1, 0.15) is 48.8 Å². The van der Waals surface area contributed by atoms with E-state index in [1.165, 1.54) is 11.1 Å². The van der Waals surface area contributed by atoms with Crippen LogP contribution in [0, 0.1) is 5.92 Å². The summed E-state index contributed by atoms with van der Waals surface area (Å²) in [6.45, 7) is 3.90. The molecule has 1 saturated heterocycles. The Morgan fingerprint density at radius 3 is 2.27 bits per heavy atom. The Bertz CT molecular complexity index is 1350. The summed E-state index contributed by atoms with van der Waals surface area (Å²) in [5.74, 6) is -1.68. The number of fused-ring (bicyclic) bond motifs is 3. The van der Waals surface area contributed by atoms with E-state index in [0.29, 0.717) is 38.9 Å². The Kier molecular flexibility index (Phi) is 8.69. The molecule has 1 heterocycles. The van der Waals surface area contributed by atoms with Gasteiger partial charge in [-0.25, -0.2) is 9.59 Å². The van der Waals surface area contributed by atoms with E-state index in [2.05, 4.69) is 39.8 Å². The third-order valence-corrected chi connectivity index (χ3v) is 8.24. The smallest absolute Gasteiger partial charge is 0.407 e. The molecule has 2 atom stereocenters. The standard InChI is InChI=1S/C33H37N3O5/c1-23(30(37)35-33(31(38)39)17-19-36(22-33)20-24-11-3-2-4-12-24)10-9-18-34-32(40)41-21-29-27-15-7-5-13-25(27)26-14-6-8-16-28(26)29/h2-8,11-16,23,29H,9-10,17-22H2,1H3,(H,34,40)(H,35,37)(H,38,39). The highest BCUT2D eigenvalue weighted by Crippen LogP contribution is 2.44. The Morgan fingerprint density at radius 2 is 1.61 bits per heavy atom. The summed E-state index contributed by atoms with van der Waals surface area (Å²) in [6, 6.07) is 26.3. The van der Waals surface area contributed by atoms with Crippen LogP contribution in [0.25, 0.3) is 11.1 Å². The number of carboxylic acids is 1. The Morgan fingerprint density at radius 1 is 0.976 bits per heavy atom. The summed E-state index contributed by atoms with van der Waals surface area (Å²) in [7, 11) is 0. The number of ether oxygens (including phenoxy) is 1. The van der Waals surface area contributed by atoms with Gasteiger partial charge in [0.2, 0.25) is 5.91 Å². The average molecular weight is 556 g/mol. The quantitative estimate of drug-likeness (QED) is 0.294. The first-order valence-corrected chi connectivity index (χ1v) is 14.3. The van der Waals surface area contributed by atoms with Gasteiger partial charge in [0.25, 0.3) is 0 Å². The van der Waals surface area contributed by atoms with Crippen molar-refractivity contribution in [1.29, 1.82) is 0 Å². The zero-order valence-corrected chi connectivity index (χ0v) is 23.3. The minimum absolute atomic E-state index is 0.00220. The van der Waals surface area contributed by atoms with Crippen molar-refractivity contribution in [3.63, 3.8) is 0 Å². The summed E-state index contributed by atoms with van der Waals surface area (Å²) >= 11 is 0. The summed E-state index contributed by atoms with van der Waals surface area (Å²) in [4.78, 5) is 39.6. The van der Waals surface area contributed by atoms with Gasteiger partial charge in [-0.3, -0.25) is 9.69 Å². The Labute approximate surface area is 240 Å². The molecule has 3 aromatic rings. The third-order valence-electron chi connectivity index (χ3n) is 8.24. The van der Waals surface area contributed by atoms with Crippen LogP contribution in [-0.4, -0.2) is 59.8 Å². The van der Waals surface area contributed by atoms with Gasteiger partial charge in [0.15, 0.2) is 5.54 Å². The molecule has 2 unspecified atom stereocenters.